The summed E-state index contributed by atoms with van der Waals surface area (Å²) in [6.45, 7) is 1.40. The highest BCUT2D eigenvalue weighted by Crippen LogP contribution is 2.39. The van der Waals surface area contributed by atoms with E-state index in [0.717, 1.165) is 24.8 Å². The summed E-state index contributed by atoms with van der Waals surface area (Å²) in [5.74, 6) is 0.838. The lowest BCUT2D eigenvalue weighted by Gasteiger charge is -2.30. The number of unbranched alkanes of at least 4 members (excludes halogenated alkanes) is 1. The maximum atomic E-state index is 11.0. The molecule has 2 heterocycles. The summed E-state index contributed by atoms with van der Waals surface area (Å²) in [5, 5.41) is 51.0. The molecule has 7 atom stereocenters. The van der Waals surface area contributed by atoms with E-state index in [4.69, 9.17) is 23.7 Å². The number of hydrogen-bond donors (Lipinski definition) is 5. The fourth-order valence-electron chi connectivity index (χ4n) is 4.20. The van der Waals surface area contributed by atoms with Crippen LogP contribution in [0.4, 0.5) is 0 Å². The molecule has 2 aliphatic rings. The number of fused-ring (bicyclic) bond motifs is 1. The monoisotopic (exact) mass is 506 g/mol. The molecule has 0 spiro atoms. The summed E-state index contributed by atoms with van der Waals surface area (Å²) < 4.78 is 27.6. The van der Waals surface area contributed by atoms with E-state index < -0.39 is 49.7 Å². The zero-order chi connectivity index (χ0) is 25.8. The van der Waals surface area contributed by atoms with Crippen molar-refractivity contribution in [3.05, 3.63) is 53.1 Å². The molecule has 2 saturated heterocycles. The van der Waals surface area contributed by atoms with Gasteiger partial charge in [0.05, 0.1) is 20.3 Å². The van der Waals surface area contributed by atoms with Gasteiger partial charge < -0.3 is 49.2 Å². The van der Waals surface area contributed by atoms with Crippen molar-refractivity contribution in [2.45, 2.75) is 75.9 Å². The smallest absolute Gasteiger partial charge is 0.231 e. The van der Waals surface area contributed by atoms with Gasteiger partial charge in [0.1, 0.15) is 30.2 Å². The molecule has 10 heteroatoms. The average molecular weight is 507 g/mol. The highest BCUT2D eigenvalue weighted by Gasteiger charge is 2.57. The third-order valence-electron chi connectivity index (χ3n) is 6.41. The van der Waals surface area contributed by atoms with Crippen LogP contribution in [0.25, 0.3) is 0 Å². The molecule has 0 bridgehead atoms. The molecule has 0 radical (unpaired) electrons. The lowest BCUT2D eigenvalue weighted by Crippen LogP contribution is -2.50. The minimum atomic E-state index is -1.31. The Morgan fingerprint density at radius 1 is 0.972 bits per heavy atom. The third kappa shape index (κ3) is 5.76. The van der Waals surface area contributed by atoms with E-state index in [0.29, 0.717) is 16.9 Å². The van der Waals surface area contributed by atoms with Gasteiger partial charge in [0.25, 0.3) is 0 Å². The Morgan fingerprint density at radius 3 is 2.44 bits per heavy atom. The van der Waals surface area contributed by atoms with Crippen molar-refractivity contribution in [1.29, 1.82) is 0 Å². The van der Waals surface area contributed by atoms with Crippen LogP contribution >= 0.6 is 0 Å². The van der Waals surface area contributed by atoms with Crippen molar-refractivity contribution >= 4 is 0 Å². The van der Waals surface area contributed by atoms with Gasteiger partial charge in [-0.2, -0.15) is 0 Å². The predicted octanol–water partition coefficient (Wildman–Crippen LogP) is 1.19. The minimum absolute atomic E-state index is 0.218. The zero-order valence-electron chi connectivity index (χ0n) is 20.3. The summed E-state index contributed by atoms with van der Waals surface area (Å²) in [5.41, 5.74) is 2.04. The number of aliphatic hydroxyl groups excluding tert-OH is 5. The van der Waals surface area contributed by atoms with E-state index in [2.05, 4.69) is 6.92 Å². The number of benzene rings is 2. The predicted molar refractivity (Wildman–Crippen MR) is 127 cm³/mol. The highest BCUT2D eigenvalue weighted by molar-refractivity contribution is 5.44. The second kappa shape index (κ2) is 11.7. The highest BCUT2D eigenvalue weighted by atomic mass is 16.8. The van der Waals surface area contributed by atoms with Gasteiger partial charge in [0, 0.05) is 5.56 Å². The summed E-state index contributed by atoms with van der Waals surface area (Å²) in [7, 11) is 1.42. The van der Waals surface area contributed by atoms with E-state index in [-0.39, 0.29) is 18.1 Å². The van der Waals surface area contributed by atoms with Crippen LogP contribution in [0, 0.1) is 0 Å². The number of epoxide rings is 1. The van der Waals surface area contributed by atoms with E-state index in [1.165, 1.54) is 19.2 Å². The molecule has 5 N–H and O–H groups in total. The van der Waals surface area contributed by atoms with Crippen molar-refractivity contribution in [2.75, 3.05) is 13.7 Å². The Balaban J connectivity index is 1.47. The van der Waals surface area contributed by atoms with Crippen LogP contribution in [0.3, 0.4) is 0 Å². The zero-order valence-corrected chi connectivity index (χ0v) is 20.3. The first-order valence-electron chi connectivity index (χ1n) is 12.1. The number of aryl methyl sites for hydroxylation is 1. The van der Waals surface area contributed by atoms with Gasteiger partial charge in [-0.25, -0.2) is 0 Å². The number of ether oxygens (including phenoxy) is 5. The second-order valence-electron chi connectivity index (χ2n) is 8.97. The molecule has 0 aliphatic carbocycles. The molecule has 2 aromatic rings. The van der Waals surface area contributed by atoms with Crippen molar-refractivity contribution in [2.24, 2.45) is 0 Å². The minimum Gasteiger partial charge on any atom is -0.493 e. The summed E-state index contributed by atoms with van der Waals surface area (Å²) >= 11 is 0. The quantitative estimate of drug-likeness (QED) is 0.266. The standard InChI is InChI=1S/C26H34O10/c1-3-4-5-14-6-8-17(16(10-14)12-27)33-20(13-28)21(29)15-7-9-18(19(11-15)32-2)34-25-23(31)22(30)24-26(35-24)36-25/h6-11,20-31H,3-5,12-13H2,1-2H3. The molecule has 0 amide bonds. The lowest BCUT2D eigenvalue weighted by atomic mass is 10.0. The van der Waals surface area contributed by atoms with Crippen LogP contribution < -0.4 is 14.2 Å². The SMILES string of the molecule is CCCCc1ccc(OC(CO)C(O)c2ccc(OC3OC4OC4C(O)C3O)c(OC)c2)c(CO)c1. The fraction of sp³-hybridized carbons (Fsp3) is 0.538. The van der Waals surface area contributed by atoms with Crippen LogP contribution in [0.15, 0.2) is 36.4 Å². The Hall–Kier alpha value is -2.44. The number of methoxy groups -OCH3 is 1. The molecule has 2 aromatic carbocycles. The lowest BCUT2D eigenvalue weighted by molar-refractivity contribution is -0.207. The molecule has 7 unspecified atom stereocenters. The molecule has 36 heavy (non-hydrogen) atoms. The van der Waals surface area contributed by atoms with Crippen LogP contribution in [0.2, 0.25) is 0 Å². The Kier molecular flexibility index (Phi) is 8.68. The molecule has 2 aliphatic heterocycles. The number of hydrogen-bond acceptors (Lipinski definition) is 10. The van der Waals surface area contributed by atoms with Gasteiger partial charge in [-0.05, 0) is 48.2 Å². The largest absolute Gasteiger partial charge is 0.493 e. The molecule has 198 valence electrons. The van der Waals surface area contributed by atoms with Crippen LogP contribution in [0.5, 0.6) is 17.2 Å². The third-order valence-corrected chi connectivity index (χ3v) is 6.41. The first kappa shape index (κ1) is 26.6. The first-order chi connectivity index (χ1) is 17.4. The van der Waals surface area contributed by atoms with Crippen molar-refractivity contribution in [3.8, 4) is 17.2 Å². The van der Waals surface area contributed by atoms with Gasteiger partial charge in [-0.3, -0.25) is 0 Å². The molecule has 4 rings (SSSR count). The van der Waals surface area contributed by atoms with Crippen LogP contribution in [0.1, 0.15) is 42.6 Å². The first-order valence-corrected chi connectivity index (χ1v) is 12.1. The average Bonchev–Trinajstić information content (AvgIpc) is 3.68. The van der Waals surface area contributed by atoms with E-state index >= 15 is 0 Å². The molecular formula is C26H34O10. The van der Waals surface area contributed by atoms with Crippen molar-refractivity contribution in [3.63, 3.8) is 0 Å². The number of aliphatic hydroxyl groups is 5. The van der Waals surface area contributed by atoms with Gasteiger partial charge in [0.15, 0.2) is 23.9 Å². The molecule has 0 aromatic heterocycles. The Bertz CT molecular complexity index is 1010. The van der Waals surface area contributed by atoms with Gasteiger partial charge in [-0.15, -0.1) is 0 Å². The maximum absolute atomic E-state index is 11.0. The Labute approximate surface area is 209 Å². The van der Waals surface area contributed by atoms with E-state index in [9.17, 15) is 25.5 Å². The number of rotatable bonds is 12. The molecule has 10 nitrogen and oxygen atoms in total. The summed E-state index contributed by atoms with van der Waals surface area (Å²) in [6.07, 6.45) is -4.08. The normalized spacial score (nSPS) is 26.6. The topological polar surface area (TPSA) is 151 Å². The van der Waals surface area contributed by atoms with Gasteiger partial charge >= 0.3 is 0 Å². The molecular weight excluding hydrogens is 472 g/mol. The van der Waals surface area contributed by atoms with Gasteiger partial charge in [-0.1, -0.05) is 25.5 Å². The second-order valence-corrected chi connectivity index (χ2v) is 8.97. The van der Waals surface area contributed by atoms with E-state index in [1.807, 2.05) is 12.1 Å². The molecule has 0 saturated carbocycles. The van der Waals surface area contributed by atoms with Crippen molar-refractivity contribution in [1.82, 2.24) is 0 Å². The van der Waals surface area contributed by atoms with E-state index in [1.54, 1.807) is 12.1 Å². The summed E-state index contributed by atoms with van der Waals surface area (Å²) in [4.78, 5) is 0. The van der Waals surface area contributed by atoms with Gasteiger partial charge in [0.2, 0.25) is 6.29 Å². The van der Waals surface area contributed by atoms with Crippen molar-refractivity contribution < 1.29 is 49.2 Å². The fourth-order valence-corrected chi connectivity index (χ4v) is 4.20. The summed E-state index contributed by atoms with van der Waals surface area (Å²) in [6, 6.07) is 10.1. The molecule has 2 fully saturated rings. The maximum Gasteiger partial charge on any atom is 0.231 e. The van der Waals surface area contributed by atoms with Crippen LogP contribution in [-0.2, 0) is 22.5 Å². The van der Waals surface area contributed by atoms with Crippen LogP contribution in [-0.4, -0.2) is 76.2 Å². The Morgan fingerprint density at radius 2 is 1.75 bits per heavy atom.